The van der Waals surface area contributed by atoms with Crippen LogP contribution >= 0.6 is 0 Å². The van der Waals surface area contributed by atoms with Gasteiger partial charge in [0.05, 0.1) is 19.0 Å². The Bertz CT molecular complexity index is 362. The van der Waals surface area contributed by atoms with E-state index in [1.165, 1.54) is 11.4 Å². The normalized spacial score (nSPS) is 20.3. The molecule has 1 aliphatic rings. The van der Waals surface area contributed by atoms with Crippen LogP contribution < -0.4 is 0 Å². The topological polar surface area (TPSA) is 72.9 Å². The number of methoxy groups -OCH3 is 1. The fourth-order valence-electron chi connectivity index (χ4n) is 1.85. The summed E-state index contributed by atoms with van der Waals surface area (Å²) < 4.78 is 35.0. The Balaban J connectivity index is 2.34. The summed E-state index contributed by atoms with van der Waals surface area (Å²) in [4.78, 5) is 10.9. The van der Waals surface area contributed by atoms with Crippen molar-refractivity contribution in [2.45, 2.75) is 31.8 Å². The highest BCUT2D eigenvalue weighted by Crippen LogP contribution is 2.14. The van der Waals surface area contributed by atoms with Crippen LogP contribution in [0.2, 0.25) is 0 Å². The summed E-state index contributed by atoms with van der Waals surface area (Å²) in [5, 5.41) is 0. The molecule has 1 atom stereocenters. The largest absolute Gasteiger partial charge is 0.469 e. The van der Waals surface area contributed by atoms with E-state index in [0.717, 1.165) is 12.8 Å². The highest BCUT2D eigenvalue weighted by molar-refractivity contribution is 7.89. The highest BCUT2D eigenvalue weighted by Gasteiger charge is 2.24. The van der Waals surface area contributed by atoms with Gasteiger partial charge in [0, 0.05) is 26.6 Å². The summed E-state index contributed by atoms with van der Waals surface area (Å²) in [7, 11) is -0.463. The van der Waals surface area contributed by atoms with Crippen molar-refractivity contribution in [1.29, 1.82) is 0 Å². The molecule has 0 saturated carbocycles. The van der Waals surface area contributed by atoms with Crippen LogP contribution in [0.25, 0.3) is 0 Å². The molecule has 1 unspecified atom stereocenters. The van der Waals surface area contributed by atoms with Gasteiger partial charge in [0.2, 0.25) is 10.0 Å². The summed E-state index contributed by atoms with van der Waals surface area (Å²) >= 11 is 0. The van der Waals surface area contributed by atoms with Gasteiger partial charge in [-0.3, -0.25) is 4.79 Å². The number of esters is 1. The third-order valence-corrected chi connectivity index (χ3v) is 4.87. The van der Waals surface area contributed by atoms with Gasteiger partial charge in [0.1, 0.15) is 0 Å². The van der Waals surface area contributed by atoms with Crippen LogP contribution in [0.5, 0.6) is 0 Å². The second kappa shape index (κ2) is 7.06. The molecule has 106 valence electrons. The van der Waals surface area contributed by atoms with Gasteiger partial charge in [-0.25, -0.2) is 12.7 Å². The standard InChI is InChI=1S/C11H21NO5S/c1-12(9-10-5-3-7-17-10)18(14,15)8-4-6-11(13)16-2/h10H,3-9H2,1-2H3. The van der Waals surface area contributed by atoms with Crippen molar-refractivity contribution in [2.24, 2.45) is 0 Å². The Hall–Kier alpha value is -0.660. The Labute approximate surface area is 108 Å². The van der Waals surface area contributed by atoms with Crippen LogP contribution in [-0.2, 0) is 24.3 Å². The minimum atomic E-state index is -3.31. The smallest absolute Gasteiger partial charge is 0.305 e. The molecule has 0 N–H and O–H groups in total. The molecule has 0 aromatic carbocycles. The van der Waals surface area contributed by atoms with E-state index in [2.05, 4.69) is 4.74 Å². The van der Waals surface area contributed by atoms with Gasteiger partial charge >= 0.3 is 5.97 Å². The molecule has 0 spiro atoms. The number of carbonyl (C=O) groups excluding carboxylic acids is 1. The lowest BCUT2D eigenvalue weighted by molar-refractivity contribution is -0.140. The predicted molar refractivity (Wildman–Crippen MR) is 66.6 cm³/mol. The molecular weight excluding hydrogens is 258 g/mol. The average molecular weight is 279 g/mol. The Morgan fingerprint density at radius 3 is 2.78 bits per heavy atom. The van der Waals surface area contributed by atoms with E-state index in [9.17, 15) is 13.2 Å². The zero-order valence-electron chi connectivity index (χ0n) is 10.9. The van der Waals surface area contributed by atoms with Gasteiger partial charge < -0.3 is 9.47 Å². The molecule has 0 bridgehead atoms. The summed E-state index contributed by atoms with van der Waals surface area (Å²) in [6, 6.07) is 0. The van der Waals surface area contributed by atoms with Crippen molar-refractivity contribution in [2.75, 3.05) is 33.1 Å². The van der Waals surface area contributed by atoms with E-state index in [0.29, 0.717) is 13.2 Å². The van der Waals surface area contributed by atoms with Crippen LogP contribution in [0.1, 0.15) is 25.7 Å². The predicted octanol–water partition coefficient (Wildman–Crippen LogP) is 0.380. The summed E-state index contributed by atoms with van der Waals surface area (Å²) in [6.07, 6.45) is 2.31. The number of rotatable bonds is 7. The lowest BCUT2D eigenvalue weighted by Crippen LogP contribution is -2.35. The number of ether oxygens (including phenoxy) is 2. The Morgan fingerprint density at radius 1 is 1.50 bits per heavy atom. The van der Waals surface area contributed by atoms with Gasteiger partial charge in [-0.05, 0) is 19.3 Å². The first-order valence-corrected chi connectivity index (χ1v) is 7.69. The fourth-order valence-corrected chi connectivity index (χ4v) is 3.06. The van der Waals surface area contributed by atoms with Crippen LogP contribution in [0, 0.1) is 0 Å². The quantitative estimate of drug-likeness (QED) is 0.630. The van der Waals surface area contributed by atoms with Gasteiger partial charge in [-0.15, -0.1) is 0 Å². The van der Waals surface area contributed by atoms with Crippen LogP contribution in [0.3, 0.4) is 0 Å². The Kier molecular flexibility index (Phi) is 6.04. The molecule has 6 nitrogen and oxygen atoms in total. The van der Waals surface area contributed by atoms with E-state index in [4.69, 9.17) is 4.74 Å². The molecule has 0 radical (unpaired) electrons. The number of hydrogen-bond donors (Lipinski definition) is 0. The molecule has 1 fully saturated rings. The number of sulfonamides is 1. The van der Waals surface area contributed by atoms with Gasteiger partial charge in [0.15, 0.2) is 0 Å². The molecule has 0 aromatic rings. The van der Waals surface area contributed by atoms with Crippen molar-refractivity contribution in [1.82, 2.24) is 4.31 Å². The number of hydrogen-bond acceptors (Lipinski definition) is 5. The van der Waals surface area contributed by atoms with Crippen LogP contribution in [0.4, 0.5) is 0 Å². The maximum atomic E-state index is 11.9. The molecule has 0 amide bonds. The summed E-state index contributed by atoms with van der Waals surface area (Å²) in [5.41, 5.74) is 0. The third-order valence-electron chi connectivity index (χ3n) is 2.97. The van der Waals surface area contributed by atoms with Crippen molar-refractivity contribution < 1.29 is 22.7 Å². The Morgan fingerprint density at radius 2 is 2.22 bits per heavy atom. The molecule has 0 aromatic heterocycles. The minimum Gasteiger partial charge on any atom is -0.469 e. The van der Waals surface area contributed by atoms with Crippen molar-refractivity contribution in [3.8, 4) is 0 Å². The SMILES string of the molecule is COC(=O)CCCS(=O)(=O)N(C)CC1CCCO1. The van der Waals surface area contributed by atoms with Gasteiger partial charge in [-0.2, -0.15) is 0 Å². The summed E-state index contributed by atoms with van der Waals surface area (Å²) in [6.45, 7) is 1.10. The van der Waals surface area contributed by atoms with Crippen LogP contribution in [0.15, 0.2) is 0 Å². The highest BCUT2D eigenvalue weighted by atomic mass is 32.2. The second-order valence-electron chi connectivity index (χ2n) is 4.41. The van der Waals surface area contributed by atoms with E-state index < -0.39 is 10.0 Å². The van der Waals surface area contributed by atoms with Crippen LogP contribution in [-0.4, -0.2) is 57.9 Å². The molecule has 1 heterocycles. The van der Waals surface area contributed by atoms with Gasteiger partial charge in [0.25, 0.3) is 0 Å². The molecule has 7 heteroatoms. The van der Waals surface area contributed by atoms with E-state index in [1.54, 1.807) is 7.05 Å². The van der Waals surface area contributed by atoms with E-state index >= 15 is 0 Å². The second-order valence-corrected chi connectivity index (χ2v) is 6.61. The van der Waals surface area contributed by atoms with Crippen molar-refractivity contribution in [3.63, 3.8) is 0 Å². The first-order valence-electron chi connectivity index (χ1n) is 6.08. The molecule has 18 heavy (non-hydrogen) atoms. The molecule has 1 saturated heterocycles. The zero-order valence-corrected chi connectivity index (χ0v) is 11.7. The number of nitrogens with zero attached hydrogens (tertiary/aromatic N) is 1. The van der Waals surface area contributed by atoms with E-state index in [1.807, 2.05) is 0 Å². The van der Waals surface area contributed by atoms with E-state index in [-0.39, 0.29) is 30.7 Å². The molecule has 0 aliphatic carbocycles. The monoisotopic (exact) mass is 279 g/mol. The molecule has 1 rings (SSSR count). The van der Waals surface area contributed by atoms with Gasteiger partial charge in [-0.1, -0.05) is 0 Å². The zero-order chi connectivity index (χ0) is 13.6. The average Bonchev–Trinajstić information content (AvgIpc) is 2.81. The maximum absolute atomic E-state index is 11.9. The number of likely N-dealkylation sites (N-methyl/N-ethyl adjacent to an activating group) is 1. The lowest BCUT2D eigenvalue weighted by Gasteiger charge is -2.20. The first-order chi connectivity index (χ1) is 8.45. The first kappa shape index (κ1) is 15.4. The molecular formula is C11H21NO5S. The van der Waals surface area contributed by atoms with Crippen molar-refractivity contribution >= 4 is 16.0 Å². The van der Waals surface area contributed by atoms with Crippen molar-refractivity contribution in [3.05, 3.63) is 0 Å². The minimum absolute atomic E-state index is 0.00498. The number of carbonyl (C=O) groups is 1. The molecule has 1 aliphatic heterocycles. The maximum Gasteiger partial charge on any atom is 0.305 e. The third kappa shape index (κ3) is 4.91. The fraction of sp³-hybridized carbons (Fsp3) is 0.909. The lowest BCUT2D eigenvalue weighted by atomic mass is 10.2. The summed E-state index contributed by atoms with van der Waals surface area (Å²) in [5.74, 6) is -0.419.